The first-order valence-electron chi connectivity index (χ1n) is 6.24. The van der Waals surface area contributed by atoms with E-state index in [1.165, 1.54) is 26.2 Å². The Morgan fingerprint density at radius 3 is 2.59 bits per heavy atom. The van der Waals surface area contributed by atoms with Crippen molar-refractivity contribution in [2.45, 2.75) is 45.1 Å². The topological polar surface area (TPSA) is 52.3 Å². The summed E-state index contributed by atoms with van der Waals surface area (Å²) in [4.78, 5) is 11.2. The monoisotopic (exact) mass is 233 g/mol. The minimum absolute atomic E-state index is 0.00767. The average molecular weight is 233 g/mol. The molecule has 0 bridgehead atoms. The summed E-state index contributed by atoms with van der Waals surface area (Å²) in [5.74, 6) is 0.770. The fourth-order valence-corrected chi connectivity index (χ4v) is 2.31. The van der Waals surface area contributed by atoms with Gasteiger partial charge in [0.25, 0.3) is 0 Å². The third-order valence-electron chi connectivity index (χ3n) is 3.26. The highest BCUT2D eigenvalue weighted by Gasteiger charge is 2.15. The van der Waals surface area contributed by atoms with E-state index in [0.717, 1.165) is 18.6 Å². The zero-order valence-corrected chi connectivity index (χ0v) is 10.2. The second-order valence-corrected chi connectivity index (χ2v) is 4.68. The predicted octanol–water partition coefficient (Wildman–Crippen LogP) is 3.18. The summed E-state index contributed by atoms with van der Waals surface area (Å²) >= 11 is 0. The van der Waals surface area contributed by atoms with E-state index >= 15 is 0 Å². The molecule has 1 saturated carbocycles. The number of carbonyl (C=O) groups excluding carboxylic acids is 1. The Kier molecular flexibility index (Phi) is 3.67. The SMILES string of the molecule is CC(=O)c1ccc(OC2CCCCC2)cc1N. The van der Waals surface area contributed by atoms with Gasteiger partial charge >= 0.3 is 0 Å². The zero-order valence-electron chi connectivity index (χ0n) is 10.2. The summed E-state index contributed by atoms with van der Waals surface area (Å²) in [5.41, 5.74) is 6.90. The van der Waals surface area contributed by atoms with Crippen LogP contribution in [0.4, 0.5) is 5.69 Å². The molecule has 1 fully saturated rings. The number of ketones is 1. The number of benzene rings is 1. The number of carbonyl (C=O) groups is 1. The summed E-state index contributed by atoms with van der Waals surface area (Å²) in [6.45, 7) is 1.52. The van der Waals surface area contributed by atoms with Crippen molar-refractivity contribution in [3.63, 3.8) is 0 Å². The van der Waals surface area contributed by atoms with Crippen LogP contribution in [0.15, 0.2) is 18.2 Å². The maximum absolute atomic E-state index is 11.2. The van der Waals surface area contributed by atoms with Gasteiger partial charge in [-0.1, -0.05) is 6.42 Å². The number of anilines is 1. The lowest BCUT2D eigenvalue weighted by molar-refractivity contribution is 0.101. The number of hydrogen-bond donors (Lipinski definition) is 1. The Balaban J connectivity index is 2.06. The molecule has 1 aromatic rings. The molecule has 17 heavy (non-hydrogen) atoms. The molecule has 1 aliphatic rings. The fourth-order valence-electron chi connectivity index (χ4n) is 2.31. The van der Waals surface area contributed by atoms with Crippen LogP contribution in [0.2, 0.25) is 0 Å². The summed E-state index contributed by atoms with van der Waals surface area (Å²) < 4.78 is 5.88. The first-order valence-corrected chi connectivity index (χ1v) is 6.24. The Hall–Kier alpha value is -1.51. The van der Waals surface area contributed by atoms with E-state index in [1.807, 2.05) is 6.07 Å². The largest absolute Gasteiger partial charge is 0.490 e. The van der Waals surface area contributed by atoms with Crippen LogP contribution in [-0.2, 0) is 0 Å². The summed E-state index contributed by atoms with van der Waals surface area (Å²) in [5, 5.41) is 0. The highest BCUT2D eigenvalue weighted by molar-refractivity contribution is 5.99. The van der Waals surface area contributed by atoms with Gasteiger partial charge in [0.2, 0.25) is 0 Å². The van der Waals surface area contributed by atoms with Crippen molar-refractivity contribution in [1.29, 1.82) is 0 Å². The van der Waals surface area contributed by atoms with Gasteiger partial charge in [0, 0.05) is 17.3 Å². The third kappa shape index (κ3) is 2.99. The molecule has 1 aromatic carbocycles. The molecule has 0 aliphatic heterocycles. The van der Waals surface area contributed by atoms with Gasteiger partial charge in [-0.25, -0.2) is 0 Å². The average Bonchev–Trinajstić information content (AvgIpc) is 2.30. The molecule has 0 amide bonds. The molecule has 2 rings (SSSR count). The lowest BCUT2D eigenvalue weighted by atomic mass is 9.98. The van der Waals surface area contributed by atoms with Gasteiger partial charge in [-0.05, 0) is 44.7 Å². The molecule has 0 atom stereocenters. The molecule has 3 nitrogen and oxygen atoms in total. The zero-order chi connectivity index (χ0) is 12.3. The quantitative estimate of drug-likeness (QED) is 0.644. The smallest absolute Gasteiger partial charge is 0.161 e. The molecular weight excluding hydrogens is 214 g/mol. The molecule has 3 heteroatoms. The Bertz CT molecular complexity index is 409. The van der Waals surface area contributed by atoms with E-state index in [4.69, 9.17) is 10.5 Å². The molecule has 0 spiro atoms. The van der Waals surface area contributed by atoms with Crippen LogP contribution >= 0.6 is 0 Å². The molecule has 1 aliphatic carbocycles. The van der Waals surface area contributed by atoms with Crippen LogP contribution in [0.5, 0.6) is 5.75 Å². The maximum atomic E-state index is 11.2. The van der Waals surface area contributed by atoms with Gasteiger partial charge in [-0.2, -0.15) is 0 Å². The van der Waals surface area contributed by atoms with Crippen molar-refractivity contribution in [2.75, 3.05) is 5.73 Å². The van der Waals surface area contributed by atoms with Gasteiger partial charge in [-0.3, -0.25) is 4.79 Å². The van der Waals surface area contributed by atoms with Crippen molar-refractivity contribution < 1.29 is 9.53 Å². The van der Waals surface area contributed by atoms with Gasteiger partial charge in [0.1, 0.15) is 5.75 Å². The van der Waals surface area contributed by atoms with Crippen LogP contribution in [0, 0.1) is 0 Å². The first-order chi connectivity index (χ1) is 8.16. The van der Waals surface area contributed by atoms with Crippen molar-refractivity contribution in [1.82, 2.24) is 0 Å². The number of rotatable bonds is 3. The number of nitrogen functional groups attached to an aromatic ring is 1. The van der Waals surface area contributed by atoms with E-state index in [-0.39, 0.29) is 5.78 Å². The van der Waals surface area contributed by atoms with Crippen molar-refractivity contribution in [2.24, 2.45) is 0 Å². The molecular formula is C14H19NO2. The second kappa shape index (κ2) is 5.21. The molecule has 92 valence electrons. The minimum Gasteiger partial charge on any atom is -0.490 e. The normalized spacial score (nSPS) is 16.8. The van der Waals surface area contributed by atoms with Crippen LogP contribution in [0.25, 0.3) is 0 Å². The lowest BCUT2D eigenvalue weighted by Crippen LogP contribution is -2.19. The Morgan fingerprint density at radius 2 is 2.00 bits per heavy atom. The van der Waals surface area contributed by atoms with E-state index in [1.54, 1.807) is 12.1 Å². The lowest BCUT2D eigenvalue weighted by Gasteiger charge is -2.23. The standard InChI is InChI=1S/C14H19NO2/c1-10(16)13-8-7-12(9-14(13)15)17-11-5-3-2-4-6-11/h7-9,11H,2-6,15H2,1H3. The molecule has 0 saturated heterocycles. The van der Waals surface area contributed by atoms with Gasteiger partial charge in [0.15, 0.2) is 5.78 Å². The summed E-state index contributed by atoms with van der Waals surface area (Å²) in [6, 6.07) is 5.34. The number of hydrogen-bond acceptors (Lipinski definition) is 3. The van der Waals surface area contributed by atoms with Crippen molar-refractivity contribution in [3.05, 3.63) is 23.8 Å². The van der Waals surface area contributed by atoms with Crippen LogP contribution in [-0.4, -0.2) is 11.9 Å². The predicted molar refractivity (Wildman–Crippen MR) is 68.4 cm³/mol. The van der Waals surface area contributed by atoms with Gasteiger partial charge in [0.05, 0.1) is 6.10 Å². The molecule has 0 aromatic heterocycles. The number of Topliss-reactive ketones (excluding diaryl/α,β-unsaturated/α-hetero) is 1. The van der Waals surface area contributed by atoms with Crippen LogP contribution in [0.1, 0.15) is 49.4 Å². The minimum atomic E-state index is -0.00767. The third-order valence-corrected chi connectivity index (χ3v) is 3.26. The first kappa shape index (κ1) is 12.0. The van der Waals surface area contributed by atoms with Crippen LogP contribution < -0.4 is 10.5 Å². The molecule has 0 heterocycles. The van der Waals surface area contributed by atoms with Crippen molar-refractivity contribution >= 4 is 11.5 Å². The van der Waals surface area contributed by atoms with Gasteiger partial charge < -0.3 is 10.5 Å². The maximum Gasteiger partial charge on any atom is 0.161 e. The Labute approximate surface area is 102 Å². The summed E-state index contributed by atoms with van der Waals surface area (Å²) in [7, 11) is 0. The molecule has 2 N–H and O–H groups in total. The number of nitrogens with two attached hydrogens (primary N) is 1. The van der Waals surface area contributed by atoms with E-state index < -0.39 is 0 Å². The highest BCUT2D eigenvalue weighted by Crippen LogP contribution is 2.26. The van der Waals surface area contributed by atoms with E-state index in [9.17, 15) is 4.79 Å². The number of ether oxygens (including phenoxy) is 1. The fraction of sp³-hybridized carbons (Fsp3) is 0.500. The molecule has 0 radical (unpaired) electrons. The Morgan fingerprint density at radius 1 is 1.29 bits per heavy atom. The van der Waals surface area contributed by atoms with Crippen molar-refractivity contribution in [3.8, 4) is 5.75 Å². The molecule has 0 unspecified atom stereocenters. The summed E-state index contributed by atoms with van der Waals surface area (Å²) in [6.07, 6.45) is 6.34. The van der Waals surface area contributed by atoms with Crippen LogP contribution in [0.3, 0.4) is 0 Å². The highest BCUT2D eigenvalue weighted by atomic mass is 16.5. The van der Waals surface area contributed by atoms with E-state index in [0.29, 0.717) is 17.4 Å². The van der Waals surface area contributed by atoms with E-state index in [2.05, 4.69) is 0 Å². The van der Waals surface area contributed by atoms with Gasteiger partial charge in [-0.15, -0.1) is 0 Å². The second-order valence-electron chi connectivity index (χ2n) is 4.68.